The van der Waals surface area contributed by atoms with E-state index in [1.807, 2.05) is 55.4 Å². The number of amides is 2. The van der Waals surface area contributed by atoms with E-state index in [4.69, 9.17) is 14.6 Å². The van der Waals surface area contributed by atoms with Crippen LogP contribution in [0.15, 0.2) is 24.3 Å². The fourth-order valence-corrected chi connectivity index (χ4v) is 2.92. The topological polar surface area (TPSA) is 157 Å². The van der Waals surface area contributed by atoms with Crippen molar-refractivity contribution in [1.29, 1.82) is 0 Å². The first-order valence-corrected chi connectivity index (χ1v) is 11.5. The highest BCUT2D eigenvalue weighted by Gasteiger charge is 2.29. The number of rotatable bonds is 4. The molecular formula is C24H39N3O8. The number of alkyl carbamates (subject to hydrolysis) is 2. The number of non-ortho nitro benzene ring substituents is 1. The van der Waals surface area contributed by atoms with Crippen molar-refractivity contribution in [2.45, 2.75) is 97.9 Å². The molecule has 1 aromatic carbocycles. The third-order valence-electron chi connectivity index (χ3n) is 4.20. The molecule has 0 heterocycles. The molecule has 1 aliphatic rings. The summed E-state index contributed by atoms with van der Waals surface area (Å²) in [4.78, 5) is 43.2. The monoisotopic (exact) mass is 497 g/mol. The lowest BCUT2D eigenvalue weighted by molar-refractivity contribution is -0.384. The van der Waals surface area contributed by atoms with Crippen molar-refractivity contribution in [3.05, 3.63) is 39.9 Å². The van der Waals surface area contributed by atoms with Gasteiger partial charge in [0.2, 0.25) is 0 Å². The highest BCUT2D eigenvalue weighted by Crippen LogP contribution is 2.20. The van der Waals surface area contributed by atoms with E-state index in [2.05, 4.69) is 10.6 Å². The van der Waals surface area contributed by atoms with E-state index in [1.54, 1.807) is 0 Å². The van der Waals surface area contributed by atoms with Crippen LogP contribution in [0, 0.1) is 10.1 Å². The van der Waals surface area contributed by atoms with Gasteiger partial charge in [0.15, 0.2) is 0 Å². The van der Waals surface area contributed by atoms with Crippen molar-refractivity contribution in [2.24, 2.45) is 0 Å². The number of hydrogen-bond donors (Lipinski definition) is 3. The largest absolute Gasteiger partial charge is 0.478 e. The molecule has 1 aromatic rings. The van der Waals surface area contributed by atoms with Crippen LogP contribution in [0.5, 0.6) is 0 Å². The van der Waals surface area contributed by atoms with E-state index in [1.165, 1.54) is 12.1 Å². The van der Waals surface area contributed by atoms with Gasteiger partial charge in [-0.1, -0.05) is 13.8 Å². The summed E-state index contributed by atoms with van der Waals surface area (Å²) in [7, 11) is 0. The van der Waals surface area contributed by atoms with Gasteiger partial charge in [-0.15, -0.1) is 0 Å². The maximum Gasteiger partial charge on any atom is 0.407 e. The van der Waals surface area contributed by atoms with Crippen molar-refractivity contribution in [2.75, 3.05) is 0 Å². The SMILES string of the molecule is CC.CC(C)(C)OC(=O)N[C@@H]1CC[C@H](NC(=O)OC(C)(C)C)C1.O=C(O)c1ccc([N+](=O)[O-])cc1. The molecule has 11 heteroatoms. The zero-order chi connectivity index (χ0) is 27.4. The van der Waals surface area contributed by atoms with E-state index >= 15 is 0 Å². The van der Waals surface area contributed by atoms with Gasteiger partial charge in [-0.2, -0.15) is 0 Å². The molecule has 0 unspecified atom stereocenters. The maximum absolute atomic E-state index is 11.7. The molecule has 198 valence electrons. The van der Waals surface area contributed by atoms with Gasteiger partial charge < -0.3 is 25.2 Å². The number of nitro benzene ring substituents is 1. The lowest BCUT2D eigenvalue weighted by Crippen LogP contribution is -2.41. The average Bonchev–Trinajstić information content (AvgIpc) is 3.13. The Hall–Kier alpha value is -3.37. The number of aromatic carboxylic acids is 1. The van der Waals surface area contributed by atoms with Gasteiger partial charge in [0, 0.05) is 24.2 Å². The van der Waals surface area contributed by atoms with Crippen LogP contribution in [0.4, 0.5) is 15.3 Å². The molecule has 0 aromatic heterocycles. The van der Waals surface area contributed by atoms with E-state index in [-0.39, 0.29) is 23.3 Å². The Morgan fingerprint density at radius 2 is 1.26 bits per heavy atom. The fraction of sp³-hybridized carbons (Fsp3) is 0.625. The molecule has 3 N–H and O–H groups in total. The smallest absolute Gasteiger partial charge is 0.407 e. The lowest BCUT2D eigenvalue weighted by atomic mass is 10.2. The first-order valence-electron chi connectivity index (χ1n) is 11.5. The van der Waals surface area contributed by atoms with Crippen LogP contribution in [0.2, 0.25) is 0 Å². The Morgan fingerprint density at radius 3 is 1.54 bits per heavy atom. The van der Waals surface area contributed by atoms with Crippen LogP contribution in [0.25, 0.3) is 0 Å². The second kappa shape index (κ2) is 14.1. The zero-order valence-corrected chi connectivity index (χ0v) is 21.8. The fourth-order valence-electron chi connectivity index (χ4n) is 2.92. The predicted molar refractivity (Wildman–Crippen MR) is 132 cm³/mol. The molecule has 0 bridgehead atoms. The first-order chi connectivity index (χ1) is 16.1. The molecule has 1 saturated carbocycles. The number of nitrogens with one attached hydrogen (secondary N) is 2. The number of carbonyl (C=O) groups excluding carboxylic acids is 2. The van der Waals surface area contributed by atoms with Crippen LogP contribution in [0.3, 0.4) is 0 Å². The van der Waals surface area contributed by atoms with Gasteiger partial charge in [-0.25, -0.2) is 14.4 Å². The minimum Gasteiger partial charge on any atom is -0.478 e. The average molecular weight is 498 g/mol. The Bertz CT molecular complexity index is 773. The summed E-state index contributed by atoms with van der Waals surface area (Å²) in [6, 6.07) is 4.76. The molecule has 2 rings (SSSR count). The van der Waals surface area contributed by atoms with E-state index in [9.17, 15) is 24.5 Å². The summed E-state index contributed by atoms with van der Waals surface area (Å²) in [6.45, 7) is 15.0. The van der Waals surface area contributed by atoms with Crippen LogP contribution >= 0.6 is 0 Å². The number of carbonyl (C=O) groups is 3. The second-order valence-corrected chi connectivity index (χ2v) is 9.61. The first kappa shape index (κ1) is 31.6. The van der Waals surface area contributed by atoms with Gasteiger partial charge >= 0.3 is 18.2 Å². The molecular weight excluding hydrogens is 458 g/mol. The standard InChI is InChI=1S/C15H28N2O4.C7H5NO4.C2H6/c1-14(2,3)20-12(18)16-10-7-8-11(9-10)17-13(19)21-15(4,5)6;9-7(10)5-1-3-6(4-2-5)8(11)12;1-2/h10-11H,7-9H2,1-6H3,(H,16,18)(H,17,19);1-4H,(H,9,10);1-2H3/t10-,11+;;. The molecule has 2 atom stereocenters. The third-order valence-corrected chi connectivity index (χ3v) is 4.20. The minimum absolute atomic E-state index is 0.0276. The molecule has 0 radical (unpaired) electrons. The highest BCUT2D eigenvalue weighted by molar-refractivity contribution is 5.87. The normalized spacial score (nSPS) is 16.9. The Kier molecular flexibility index (Phi) is 12.8. The summed E-state index contributed by atoms with van der Waals surface area (Å²) in [5.41, 5.74) is -1.08. The predicted octanol–water partition coefficient (Wildman–Crippen LogP) is 5.28. The highest BCUT2D eigenvalue weighted by atomic mass is 16.6. The van der Waals surface area contributed by atoms with Crippen molar-refractivity contribution >= 4 is 23.8 Å². The van der Waals surface area contributed by atoms with E-state index < -0.39 is 34.3 Å². The molecule has 35 heavy (non-hydrogen) atoms. The Morgan fingerprint density at radius 1 is 0.886 bits per heavy atom. The summed E-state index contributed by atoms with van der Waals surface area (Å²) < 4.78 is 10.4. The summed E-state index contributed by atoms with van der Waals surface area (Å²) in [6.07, 6.45) is 1.51. The number of nitro groups is 1. The maximum atomic E-state index is 11.7. The molecule has 1 fully saturated rings. The van der Waals surface area contributed by atoms with Crippen molar-refractivity contribution in [1.82, 2.24) is 10.6 Å². The van der Waals surface area contributed by atoms with Crippen LogP contribution in [-0.4, -0.2) is 51.5 Å². The summed E-state index contributed by atoms with van der Waals surface area (Å²) in [5, 5.41) is 24.3. The van der Waals surface area contributed by atoms with Gasteiger partial charge in [0.25, 0.3) is 5.69 Å². The molecule has 2 amide bonds. The number of carboxylic acid groups (broad SMARTS) is 1. The van der Waals surface area contributed by atoms with Crippen molar-refractivity contribution in [3.63, 3.8) is 0 Å². The zero-order valence-electron chi connectivity index (χ0n) is 21.8. The van der Waals surface area contributed by atoms with Gasteiger partial charge in [0.1, 0.15) is 11.2 Å². The van der Waals surface area contributed by atoms with Crippen molar-refractivity contribution in [3.8, 4) is 0 Å². The van der Waals surface area contributed by atoms with Crippen LogP contribution in [-0.2, 0) is 9.47 Å². The van der Waals surface area contributed by atoms with Gasteiger partial charge in [0.05, 0.1) is 10.5 Å². The number of benzene rings is 1. The van der Waals surface area contributed by atoms with Crippen LogP contribution < -0.4 is 10.6 Å². The molecule has 0 spiro atoms. The Balaban J connectivity index is 0.000000698. The minimum atomic E-state index is -1.09. The quantitative estimate of drug-likeness (QED) is 0.375. The number of hydrogen-bond acceptors (Lipinski definition) is 7. The molecule has 1 aliphatic carbocycles. The third kappa shape index (κ3) is 14.5. The lowest BCUT2D eigenvalue weighted by Gasteiger charge is -2.22. The molecule has 0 saturated heterocycles. The van der Waals surface area contributed by atoms with Crippen LogP contribution in [0.1, 0.15) is 85.0 Å². The molecule has 0 aliphatic heterocycles. The van der Waals surface area contributed by atoms with Crippen molar-refractivity contribution < 1.29 is 33.9 Å². The molecule has 11 nitrogen and oxygen atoms in total. The second-order valence-electron chi connectivity index (χ2n) is 9.61. The summed E-state index contributed by atoms with van der Waals surface area (Å²) in [5.74, 6) is -1.09. The number of carboxylic acids is 1. The Labute approximate surface area is 206 Å². The number of nitrogens with zero attached hydrogens (tertiary/aromatic N) is 1. The van der Waals surface area contributed by atoms with Gasteiger partial charge in [-0.05, 0) is 72.9 Å². The van der Waals surface area contributed by atoms with E-state index in [0.29, 0.717) is 6.42 Å². The number of ether oxygens (including phenoxy) is 2. The van der Waals surface area contributed by atoms with E-state index in [0.717, 1.165) is 25.0 Å². The van der Waals surface area contributed by atoms with Gasteiger partial charge in [-0.3, -0.25) is 10.1 Å². The summed E-state index contributed by atoms with van der Waals surface area (Å²) >= 11 is 0.